The normalized spacial score (nSPS) is 25.4. The molecule has 0 N–H and O–H groups in total. The lowest BCUT2D eigenvalue weighted by Crippen LogP contribution is -2.49. The van der Waals surface area contributed by atoms with Crippen molar-refractivity contribution in [3.63, 3.8) is 0 Å². The van der Waals surface area contributed by atoms with Gasteiger partial charge in [0.05, 0.1) is 0 Å². The number of hydrogen-bond acceptors (Lipinski definition) is 3. The number of carbonyl (C=O) groups is 1. The summed E-state index contributed by atoms with van der Waals surface area (Å²) in [7, 11) is 0. The molecule has 1 saturated heterocycles. The van der Waals surface area contributed by atoms with Crippen molar-refractivity contribution in [1.29, 1.82) is 0 Å². The zero-order chi connectivity index (χ0) is 14.8. The maximum absolute atomic E-state index is 12.2. The van der Waals surface area contributed by atoms with Crippen molar-refractivity contribution in [3.05, 3.63) is 0 Å². The molecule has 3 heteroatoms. The Labute approximate surface area is 124 Å². The smallest absolute Gasteiger partial charge is 0.323 e. The number of rotatable bonds is 2. The number of nitrogens with zero attached hydrogens (tertiary/aromatic N) is 1. The Bertz CT molecular complexity index is 329. The second-order valence-corrected chi connectivity index (χ2v) is 7.81. The Morgan fingerprint density at radius 3 is 2.10 bits per heavy atom. The Balaban J connectivity index is 1.85. The molecule has 3 nitrogen and oxygen atoms in total. The molecular weight excluding hydrogens is 250 g/mol. The zero-order valence-electron chi connectivity index (χ0n) is 13.7. The molecule has 2 aliphatic rings. The van der Waals surface area contributed by atoms with E-state index in [2.05, 4.69) is 4.90 Å². The molecule has 0 aromatic carbocycles. The number of ether oxygens (including phenoxy) is 1. The summed E-state index contributed by atoms with van der Waals surface area (Å²) in [4.78, 5) is 14.5. The fraction of sp³-hybridized carbons (Fsp3) is 0.941. The van der Waals surface area contributed by atoms with Gasteiger partial charge in [0.2, 0.25) is 0 Å². The molecule has 0 aromatic rings. The Kier molecular flexibility index (Phi) is 4.78. The van der Waals surface area contributed by atoms with Gasteiger partial charge in [0.1, 0.15) is 11.6 Å². The highest BCUT2D eigenvalue weighted by atomic mass is 16.6. The molecule has 1 heterocycles. The molecule has 1 atom stereocenters. The van der Waals surface area contributed by atoms with Gasteiger partial charge in [-0.2, -0.15) is 0 Å². The third-order valence-corrected chi connectivity index (χ3v) is 5.07. The SMILES string of the molecule is CC(C(=O)OC(C)(C)C)N1CCC2(CCCCC2)CC1. The van der Waals surface area contributed by atoms with Crippen LogP contribution in [-0.2, 0) is 9.53 Å². The highest BCUT2D eigenvalue weighted by Gasteiger charge is 2.38. The van der Waals surface area contributed by atoms with Gasteiger partial charge in [-0.1, -0.05) is 19.3 Å². The topological polar surface area (TPSA) is 29.5 Å². The summed E-state index contributed by atoms with van der Waals surface area (Å²) in [5.74, 6) is -0.0721. The second-order valence-electron chi connectivity index (χ2n) is 7.81. The molecule has 1 spiro atoms. The summed E-state index contributed by atoms with van der Waals surface area (Å²) in [6.45, 7) is 9.91. The molecule has 0 radical (unpaired) electrons. The zero-order valence-corrected chi connectivity index (χ0v) is 13.7. The summed E-state index contributed by atoms with van der Waals surface area (Å²) in [5.41, 5.74) is 0.216. The van der Waals surface area contributed by atoms with Crippen molar-refractivity contribution in [2.24, 2.45) is 5.41 Å². The predicted molar refractivity (Wildman–Crippen MR) is 81.6 cm³/mol. The van der Waals surface area contributed by atoms with Crippen LogP contribution in [0.3, 0.4) is 0 Å². The molecule has 0 amide bonds. The van der Waals surface area contributed by atoms with Gasteiger partial charge >= 0.3 is 5.97 Å². The predicted octanol–water partition coefficient (Wildman–Crippen LogP) is 3.76. The van der Waals surface area contributed by atoms with Crippen molar-refractivity contribution < 1.29 is 9.53 Å². The van der Waals surface area contributed by atoms with Crippen molar-refractivity contribution in [1.82, 2.24) is 4.90 Å². The Morgan fingerprint density at radius 1 is 1.05 bits per heavy atom. The molecule has 0 bridgehead atoms. The van der Waals surface area contributed by atoms with Crippen LogP contribution < -0.4 is 0 Å². The van der Waals surface area contributed by atoms with E-state index in [1.54, 1.807) is 0 Å². The lowest BCUT2D eigenvalue weighted by molar-refractivity contribution is -0.161. The van der Waals surface area contributed by atoms with E-state index in [0.717, 1.165) is 13.1 Å². The molecule has 1 aliphatic heterocycles. The van der Waals surface area contributed by atoms with Crippen molar-refractivity contribution in [3.8, 4) is 0 Å². The van der Waals surface area contributed by atoms with Crippen LogP contribution in [0.5, 0.6) is 0 Å². The second kappa shape index (κ2) is 6.05. The van der Waals surface area contributed by atoms with E-state index in [9.17, 15) is 4.79 Å². The van der Waals surface area contributed by atoms with E-state index >= 15 is 0 Å². The van der Waals surface area contributed by atoms with Crippen LogP contribution in [0.2, 0.25) is 0 Å². The molecule has 0 aromatic heterocycles. The molecular formula is C17H31NO2. The van der Waals surface area contributed by atoms with Gasteiger partial charge in [0.25, 0.3) is 0 Å². The Morgan fingerprint density at radius 2 is 1.60 bits per heavy atom. The lowest BCUT2D eigenvalue weighted by atomic mass is 9.68. The number of likely N-dealkylation sites (tertiary alicyclic amines) is 1. The van der Waals surface area contributed by atoms with Gasteiger partial charge in [-0.3, -0.25) is 9.69 Å². The fourth-order valence-electron chi connectivity index (χ4n) is 3.72. The van der Waals surface area contributed by atoms with E-state index in [-0.39, 0.29) is 17.6 Å². The molecule has 2 rings (SSSR count). The van der Waals surface area contributed by atoms with E-state index < -0.39 is 0 Å². The highest BCUT2D eigenvalue weighted by molar-refractivity contribution is 5.75. The highest BCUT2D eigenvalue weighted by Crippen LogP contribution is 2.44. The molecule has 1 saturated carbocycles. The average molecular weight is 281 g/mol. The van der Waals surface area contributed by atoms with E-state index in [1.807, 2.05) is 27.7 Å². The summed E-state index contributed by atoms with van der Waals surface area (Å²) >= 11 is 0. The minimum Gasteiger partial charge on any atom is -0.459 e. The first-order chi connectivity index (χ1) is 9.31. The fourth-order valence-corrected chi connectivity index (χ4v) is 3.72. The molecule has 1 aliphatic carbocycles. The quantitative estimate of drug-likeness (QED) is 0.722. The Hall–Kier alpha value is -0.570. The van der Waals surface area contributed by atoms with Crippen molar-refractivity contribution >= 4 is 5.97 Å². The number of esters is 1. The summed E-state index contributed by atoms with van der Waals surface area (Å²) in [6, 6.07) is -0.102. The van der Waals surface area contributed by atoms with Gasteiger partial charge in [0, 0.05) is 0 Å². The van der Waals surface area contributed by atoms with Gasteiger partial charge in [-0.05, 0) is 71.9 Å². The van der Waals surface area contributed by atoms with Gasteiger partial charge in [0.15, 0.2) is 0 Å². The van der Waals surface area contributed by atoms with E-state index in [0.29, 0.717) is 5.41 Å². The number of piperidine rings is 1. The third kappa shape index (κ3) is 3.97. The minimum absolute atomic E-state index is 0.0721. The van der Waals surface area contributed by atoms with Crippen LogP contribution in [-0.4, -0.2) is 35.6 Å². The first-order valence-corrected chi connectivity index (χ1v) is 8.28. The molecule has 1 unspecified atom stereocenters. The minimum atomic E-state index is -0.383. The average Bonchev–Trinajstić information content (AvgIpc) is 2.38. The summed E-state index contributed by atoms with van der Waals surface area (Å²) in [6.07, 6.45) is 9.56. The summed E-state index contributed by atoms with van der Waals surface area (Å²) < 4.78 is 5.51. The van der Waals surface area contributed by atoms with Crippen LogP contribution in [0.25, 0.3) is 0 Å². The van der Waals surface area contributed by atoms with Gasteiger partial charge in [-0.15, -0.1) is 0 Å². The lowest BCUT2D eigenvalue weighted by Gasteiger charge is -2.45. The van der Waals surface area contributed by atoms with Crippen molar-refractivity contribution in [2.75, 3.05) is 13.1 Å². The van der Waals surface area contributed by atoms with Gasteiger partial charge in [-0.25, -0.2) is 0 Å². The van der Waals surface area contributed by atoms with E-state index in [4.69, 9.17) is 4.74 Å². The van der Waals surface area contributed by atoms with Gasteiger partial charge < -0.3 is 4.74 Å². The van der Waals surface area contributed by atoms with E-state index in [1.165, 1.54) is 44.9 Å². The summed E-state index contributed by atoms with van der Waals surface area (Å²) in [5, 5.41) is 0. The van der Waals surface area contributed by atoms with Crippen LogP contribution in [0.4, 0.5) is 0 Å². The van der Waals surface area contributed by atoms with Crippen LogP contribution >= 0.6 is 0 Å². The van der Waals surface area contributed by atoms with Crippen LogP contribution in [0.1, 0.15) is 72.6 Å². The molecule has 20 heavy (non-hydrogen) atoms. The standard InChI is InChI=1S/C17H31NO2/c1-14(15(19)20-16(2,3)4)18-12-10-17(11-13-18)8-6-5-7-9-17/h14H,5-13H2,1-4H3. The molecule has 2 fully saturated rings. The first-order valence-electron chi connectivity index (χ1n) is 8.28. The number of carbonyl (C=O) groups excluding carboxylic acids is 1. The molecule has 116 valence electrons. The maximum atomic E-state index is 12.2. The third-order valence-electron chi connectivity index (χ3n) is 5.07. The maximum Gasteiger partial charge on any atom is 0.323 e. The van der Waals surface area contributed by atoms with Crippen LogP contribution in [0.15, 0.2) is 0 Å². The van der Waals surface area contributed by atoms with Crippen molar-refractivity contribution in [2.45, 2.75) is 84.3 Å². The number of hydrogen-bond donors (Lipinski definition) is 0. The monoisotopic (exact) mass is 281 g/mol. The van der Waals surface area contributed by atoms with Crippen LogP contribution in [0, 0.1) is 5.41 Å². The largest absolute Gasteiger partial charge is 0.459 e. The first kappa shape index (κ1) is 15.8.